The van der Waals surface area contributed by atoms with Gasteiger partial charge in [-0.1, -0.05) is 0 Å². The molecule has 0 saturated carbocycles. The van der Waals surface area contributed by atoms with E-state index in [2.05, 4.69) is 31.9 Å². The Morgan fingerprint density at radius 1 is 1.20 bits per heavy atom. The minimum Gasteiger partial charge on any atom is -0.494 e. The summed E-state index contributed by atoms with van der Waals surface area (Å²) in [4.78, 5) is 0. The van der Waals surface area contributed by atoms with E-state index in [4.69, 9.17) is 14.2 Å². The summed E-state index contributed by atoms with van der Waals surface area (Å²) < 4.78 is 17.8. The summed E-state index contributed by atoms with van der Waals surface area (Å²) in [5.41, 5.74) is 0.979. The van der Waals surface area contributed by atoms with Gasteiger partial charge in [-0.2, -0.15) is 0 Å². The van der Waals surface area contributed by atoms with Gasteiger partial charge in [0.05, 0.1) is 29.3 Å². The second-order valence-electron chi connectivity index (χ2n) is 3.09. The molecule has 0 bridgehead atoms. The van der Waals surface area contributed by atoms with Crippen LogP contribution in [0, 0.1) is 0 Å². The van der Waals surface area contributed by atoms with E-state index in [-0.39, 0.29) is 6.29 Å². The molecule has 1 aromatic rings. The highest BCUT2D eigenvalue weighted by molar-refractivity contribution is 9.11. The molecular formula is C10H10Br2O3. The van der Waals surface area contributed by atoms with Crippen LogP contribution in [0.5, 0.6) is 5.75 Å². The van der Waals surface area contributed by atoms with Crippen molar-refractivity contribution in [1.82, 2.24) is 0 Å². The summed E-state index contributed by atoms with van der Waals surface area (Å²) in [5, 5.41) is 0. The molecule has 0 radical (unpaired) electrons. The maximum absolute atomic E-state index is 5.42. The predicted molar refractivity (Wildman–Crippen MR) is 63.0 cm³/mol. The van der Waals surface area contributed by atoms with Gasteiger partial charge in [0.1, 0.15) is 5.75 Å². The normalized spacial score (nSPS) is 17.0. The minimum absolute atomic E-state index is 0.261. The molecule has 2 rings (SSSR count). The topological polar surface area (TPSA) is 27.7 Å². The number of hydrogen-bond donors (Lipinski definition) is 0. The Balaban J connectivity index is 2.33. The molecule has 5 heteroatoms. The van der Waals surface area contributed by atoms with Crippen molar-refractivity contribution in [3.63, 3.8) is 0 Å². The van der Waals surface area contributed by atoms with Gasteiger partial charge in [0.25, 0.3) is 0 Å². The van der Waals surface area contributed by atoms with Crippen molar-refractivity contribution in [2.45, 2.75) is 6.29 Å². The Morgan fingerprint density at radius 2 is 1.73 bits per heavy atom. The molecule has 0 N–H and O–H groups in total. The van der Waals surface area contributed by atoms with Gasteiger partial charge in [0.2, 0.25) is 0 Å². The molecule has 0 aliphatic carbocycles. The SMILES string of the molecule is COc1c(Br)cc(C2OCCO2)cc1Br. The highest BCUT2D eigenvalue weighted by Crippen LogP contribution is 2.37. The first-order valence-corrected chi connectivity index (χ1v) is 6.07. The van der Waals surface area contributed by atoms with Gasteiger partial charge in [0, 0.05) is 5.56 Å². The van der Waals surface area contributed by atoms with Crippen molar-refractivity contribution in [2.24, 2.45) is 0 Å². The van der Waals surface area contributed by atoms with Gasteiger partial charge in [-0.3, -0.25) is 0 Å². The second-order valence-corrected chi connectivity index (χ2v) is 4.80. The fourth-order valence-electron chi connectivity index (χ4n) is 1.46. The van der Waals surface area contributed by atoms with Crippen LogP contribution in [0.4, 0.5) is 0 Å². The van der Waals surface area contributed by atoms with Crippen LogP contribution in [0.1, 0.15) is 11.9 Å². The van der Waals surface area contributed by atoms with Gasteiger partial charge in [-0.15, -0.1) is 0 Å². The number of methoxy groups -OCH3 is 1. The van der Waals surface area contributed by atoms with Crippen LogP contribution in [0.3, 0.4) is 0 Å². The molecule has 82 valence electrons. The Hall–Kier alpha value is -0.100. The Morgan fingerprint density at radius 3 is 2.20 bits per heavy atom. The van der Waals surface area contributed by atoms with E-state index >= 15 is 0 Å². The third-order valence-electron chi connectivity index (χ3n) is 2.12. The van der Waals surface area contributed by atoms with Crippen LogP contribution in [-0.2, 0) is 9.47 Å². The van der Waals surface area contributed by atoms with Crippen LogP contribution in [0.2, 0.25) is 0 Å². The van der Waals surface area contributed by atoms with E-state index in [0.717, 1.165) is 20.3 Å². The lowest BCUT2D eigenvalue weighted by molar-refractivity contribution is -0.0442. The Labute approximate surface area is 105 Å². The first-order valence-electron chi connectivity index (χ1n) is 4.48. The van der Waals surface area contributed by atoms with Crippen LogP contribution in [0.25, 0.3) is 0 Å². The molecule has 1 saturated heterocycles. The van der Waals surface area contributed by atoms with Gasteiger partial charge < -0.3 is 14.2 Å². The van der Waals surface area contributed by atoms with E-state index < -0.39 is 0 Å². The zero-order chi connectivity index (χ0) is 10.8. The van der Waals surface area contributed by atoms with Crippen molar-refractivity contribution in [1.29, 1.82) is 0 Å². The fraction of sp³-hybridized carbons (Fsp3) is 0.400. The fourth-order valence-corrected chi connectivity index (χ4v) is 3.01. The smallest absolute Gasteiger partial charge is 0.184 e. The molecule has 1 fully saturated rings. The largest absolute Gasteiger partial charge is 0.494 e. The number of benzene rings is 1. The van der Waals surface area contributed by atoms with Gasteiger partial charge in [-0.25, -0.2) is 0 Å². The summed E-state index contributed by atoms with van der Waals surface area (Å²) in [6.45, 7) is 1.29. The molecule has 1 aromatic carbocycles. The summed E-state index contributed by atoms with van der Waals surface area (Å²) >= 11 is 6.88. The number of ether oxygens (including phenoxy) is 3. The van der Waals surface area contributed by atoms with Crippen LogP contribution in [-0.4, -0.2) is 20.3 Å². The summed E-state index contributed by atoms with van der Waals surface area (Å²) in [7, 11) is 1.63. The maximum Gasteiger partial charge on any atom is 0.184 e. The molecule has 1 aliphatic rings. The maximum atomic E-state index is 5.42. The van der Waals surface area contributed by atoms with Crippen LogP contribution in [0.15, 0.2) is 21.1 Å². The average molecular weight is 338 g/mol. The molecule has 1 heterocycles. The second kappa shape index (κ2) is 4.82. The standard InChI is InChI=1S/C10H10Br2O3/c1-13-9-7(11)4-6(5-8(9)12)10-14-2-3-15-10/h4-5,10H,2-3H2,1H3. The summed E-state index contributed by atoms with van der Waals surface area (Å²) in [6, 6.07) is 3.89. The third kappa shape index (κ3) is 2.36. The minimum atomic E-state index is -0.261. The lowest BCUT2D eigenvalue weighted by atomic mass is 10.2. The molecule has 0 aromatic heterocycles. The zero-order valence-corrected chi connectivity index (χ0v) is 11.3. The quantitative estimate of drug-likeness (QED) is 0.829. The Bertz CT molecular complexity index is 339. The summed E-state index contributed by atoms with van der Waals surface area (Å²) in [5.74, 6) is 0.775. The van der Waals surface area contributed by atoms with E-state index in [9.17, 15) is 0 Å². The summed E-state index contributed by atoms with van der Waals surface area (Å²) in [6.07, 6.45) is -0.261. The molecule has 15 heavy (non-hydrogen) atoms. The monoisotopic (exact) mass is 336 g/mol. The van der Waals surface area contributed by atoms with Gasteiger partial charge in [0.15, 0.2) is 6.29 Å². The number of rotatable bonds is 2. The molecule has 1 aliphatic heterocycles. The predicted octanol–water partition coefficient (Wildman–Crippen LogP) is 3.27. The van der Waals surface area contributed by atoms with Crippen molar-refractivity contribution in [2.75, 3.05) is 20.3 Å². The van der Waals surface area contributed by atoms with Crippen LogP contribution < -0.4 is 4.74 Å². The molecular weight excluding hydrogens is 328 g/mol. The zero-order valence-electron chi connectivity index (χ0n) is 8.13. The van der Waals surface area contributed by atoms with E-state index in [1.165, 1.54) is 0 Å². The van der Waals surface area contributed by atoms with E-state index in [0.29, 0.717) is 13.2 Å². The van der Waals surface area contributed by atoms with Crippen molar-refractivity contribution < 1.29 is 14.2 Å². The number of halogens is 2. The first kappa shape index (κ1) is 11.4. The van der Waals surface area contributed by atoms with E-state index in [1.54, 1.807) is 7.11 Å². The lowest BCUT2D eigenvalue weighted by Gasteiger charge is -2.13. The Kier molecular flexibility index (Phi) is 3.66. The van der Waals surface area contributed by atoms with Crippen molar-refractivity contribution >= 4 is 31.9 Å². The first-order chi connectivity index (χ1) is 7.22. The van der Waals surface area contributed by atoms with Gasteiger partial charge >= 0.3 is 0 Å². The van der Waals surface area contributed by atoms with Crippen LogP contribution >= 0.6 is 31.9 Å². The molecule has 3 nitrogen and oxygen atoms in total. The van der Waals surface area contributed by atoms with E-state index in [1.807, 2.05) is 12.1 Å². The lowest BCUT2D eigenvalue weighted by Crippen LogP contribution is -1.99. The van der Waals surface area contributed by atoms with Gasteiger partial charge in [-0.05, 0) is 44.0 Å². The highest BCUT2D eigenvalue weighted by Gasteiger charge is 2.20. The van der Waals surface area contributed by atoms with Crippen molar-refractivity contribution in [3.8, 4) is 5.75 Å². The molecule has 0 unspecified atom stereocenters. The van der Waals surface area contributed by atoms with Crippen molar-refractivity contribution in [3.05, 3.63) is 26.6 Å². The number of hydrogen-bond acceptors (Lipinski definition) is 3. The molecule has 0 atom stereocenters. The highest BCUT2D eigenvalue weighted by atomic mass is 79.9. The molecule has 0 spiro atoms. The third-order valence-corrected chi connectivity index (χ3v) is 3.30. The molecule has 0 amide bonds. The average Bonchev–Trinajstić information content (AvgIpc) is 2.69.